The van der Waals surface area contributed by atoms with Crippen molar-refractivity contribution >= 4 is 17.7 Å². The lowest BCUT2D eigenvalue weighted by Gasteiger charge is -2.26. The number of hydrogen-bond donors (Lipinski definition) is 1. The highest BCUT2D eigenvalue weighted by Crippen LogP contribution is 2.16. The van der Waals surface area contributed by atoms with E-state index in [1.165, 1.54) is 81.9 Å². The van der Waals surface area contributed by atoms with Crippen molar-refractivity contribution in [2.75, 3.05) is 7.05 Å². The van der Waals surface area contributed by atoms with Crippen LogP contribution in [0.4, 0.5) is 0 Å². The van der Waals surface area contributed by atoms with E-state index in [9.17, 15) is 19.5 Å². The van der Waals surface area contributed by atoms with Gasteiger partial charge in [0.05, 0.1) is 6.42 Å². The molecule has 0 heterocycles. The summed E-state index contributed by atoms with van der Waals surface area (Å²) in [4.78, 5) is 38.0. The molecule has 0 aromatic carbocycles. The molecule has 0 spiro atoms. The van der Waals surface area contributed by atoms with Crippen LogP contribution >= 0.6 is 0 Å². The van der Waals surface area contributed by atoms with Crippen LogP contribution in [0.5, 0.6) is 0 Å². The van der Waals surface area contributed by atoms with Gasteiger partial charge in [0.1, 0.15) is 6.04 Å². The second-order valence-electron chi connectivity index (χ2n) is 9.74. The van der Waals surface area contributed by atoms with Gasteiger partial charge in [0.25, 0.3) is 0 Å². The van der Waals surface area contributed by atoms with Crippen molar-refractivity contribution in [3.05, 3.63) is 0 Å². The standard InChI is InChI=1S/C28H53NO4/c1-4-6-8-10-12-14-16-18-20-22-26(30)25(24-28(32)33)29(3)27(31)23-21-19-17-15-13-11-9-7-5-2/h25H,4-24H2,1-3H3,(H,32,33). The number of likely N-dealkylation sites (N-methyl/N-ethyl adjacent to an activating group) is 1. The van der Waals surface area contributed by atoms with Crippen LogP contribution in [0.25, 0.3) is 0 Å². The third-order valence-electron chi connectivity index (χ3n) is 6.62. The van der Waals surface area contributed by atoms with E-state index in [4.69, 9.17) is 0 Å². The summed E-state index contributed by atoms with van der Waals surface area (Å²) in [5.74, 6) is -1.24. The highest BCUT2D eigenvalue weighted by atomic mass is 16.4. The Hall–Kier alpha value is -1.39. The van der Waals surface area contributed by atoms with Gasteiger partial charge in [0.2, 0.25) is 5.91 Å². The van der Waals surface area contributed by atoms with Gasteiger partial charge in [0.15, 0.2) is 5.78 Å². The molecule has 0 rings (SSSR count). The van der Waals surface area contributed by atoms with Crippen molar-refractivity contribution < 1.29 is 19.5 Å². The molecule has 1 unspecified atom stereocenters. The van der Waals surface area contributed by atoms with Crippen molar-refractivity contribution in [1.82, 2.24) is 4.90 Å². The molecule has 0 aliphatic carbocycles. The van der Waals surface area contributed by atoms with Crippen LogP contribution in [0, 0.1) is 0 Å². The zero-order valence-electron chi connectivity index (χ0n) is 22.0. The second kappa shape index (κ2) is 22.4. The predicted molar refractivity (Wildman–Crippen MR) is 138 cm³/mol. The van der Waals surface area contributed by atoms with E-state index in [2.05, 4.69) is 13.8 Å². The van der Waals surface area contributed by atoms with Gasteiger partial charge in [-0.05, 0) is 12.8 Å². The number of carboxylic acids is 1. The molecule has 1 amide bonds. The van der Waals surface area contributed by atoms with Crippen LogP contribution in [0.1, 0.15) is 149 Å². The Balaban J connectivity index is 4.14. The summed E-state index contributed by atoms with van der Waals surface area (Å²) in [5, 5.41) is 9.25. The number of aliphatic carboxylic acids is 1. The fourth-order valence-corrected chi connectivity index (χ4v) is 4.35. The van der Waals surface area contributed by atoms with Gasteiger partial charge in [-0.25, -0.2) is 0 Å². The number of carbonyl (C=O) groups is 3. The molecule has 1 N–H and O–H groups in total. The molecule has 0 aromatic heterocycles. The molecule has 1 atom stereocenters. The first-order chi connectivity index (χ1) is 15.9. The van der Waals surface area contributed by atoms with Gasteiger partial charge in [-0.1, -0.05) is 117 Å². The maximum absolute atomic E-state index is 12.7. The average molecular weight is 468 g/mol. The Labute approximate surface area is 204 Å². The van der Waals surface area contributed by atoms with E-state index in [0.29, 0.717) is 12.8 Å². The molecule has 0 saturated heterocycles. The first-order valence-electron chi connectivity index (χ1n) is 13.9. The molecule has 0 saturated carbocycles. The van der Waals surface area contributed by atoms with Gasteiger partial charge in [-0.15, -0.1) is 0 Å². The van der Waals surface area contributed by atoms with Gasteiger partial charge >= 0.3 is 5.97 Å². The molecule has 0 aliphatic heterocycles. The fraction of sp³-hybridized carbons (Fsp3) is 0.893. The minimum atomic E-state index is -1.02. The average Bonchev–Trinajstić information content (AvgIpc) is 2.79. The summed E-state index contributed by atoms with van der Waals surface area (Å²) >= 11 is 0. The maximum atomic E-state index is 12.7. The van der Waals surface area contributed by atoms with Crippen LogP contribution in [0.3, 0.4) is 0 Å². The van der Waals surface area contributed by atoms with Crippen LogP contribution < -0.4 is 0 Å². The monoisotopic (exact) mass is 467 g/mol. The number of hydrogen-bond acceptors (Lipinski definition) is 3. The van der Waals surface area contributed by atoms with E-state index < -0.39 is 12.0 Å². The molecule has 5 nitrogen and oxygen atoms in total. The number of carbonyl (C=O) groups excluding carboxylic acids is 2. The van der Waals surface area contributed by atoms with E-state index in [-0.39, 0.29) is 18.1 Å². The lowest BCUT2D eigenvalue weighted by Crippen LogP contribution is -2.43. The highest BCUT2D eigenvalue weighted by molar-refractivity contribution is 5.91. The summed E-state index contributed by atoms with van der Waals surface area (Å²) in [6.45, 7) is 4.44. The zero-order chi connectivity index (χ0) is 24.7. The lowest BCUT2D eigenvalue weighted by atomic mass is 10.00. The molecule has 0 radical (unpaired) electrons. The van der Waals surface area contributed by atoms with Gasteiger partial charge in [-0.3, -0.25) is 14.4 Å². The predicted octanol–water partition coefficient (Wildman–Crippen LogP) is 7.70. The Morgan fingerprint density at radius 1 is 0.606 bits per heavy atom. The SMILES string of the molecule is CCCCCCCCCCCC(=O)C(CC(=O)O)N(C)C(=O)CCCCCCCCCCC. The first kappa shape index (κ1) is 31.6. The zero-order valence-corrected chi connectivity index (χ0v) is 22.0. The third-order valence-corrected chi connectivity index (χ3v) is 6.62. The summed E-state index contributed by atoms with van der Waals surface area (Å²) < 4.78 is 0. The third kappa shape index (κ3) is 18.7. The van der Waals surface area contributed by atoms with Crippen LogP contribution in [0.2, 0.25) is 0 Å². The fourth-order valence-electron chi connectivity index (χ4n) is 4.35. The van der Waals surface area contributed by atoms with Crippen LogP contribution in [-0.2, 0) is 14.4 Å². The minimum Gasteiger partial charge on any atom is -0.481 e. The lowest BCUT2D eigenvalue weighted by molar-refractivity contribution is -0.145. The highest BCUT2D eigenvalue weighted by Gasteiger charge is 2.28. The number of unbranched alkanes of at least 4 members (excludes halogenated alkanes) is 16. The smallest absolute Gasteiger partial charge is 0.305 e. The number of nitrogens with zero attached hydrogens (tertiary/aromatic N) is 1. The maximum Gasteiger partial charge on any atom is 0.305 e. The number of Topliss-reactive ketones (excluding diaryl/α,β-unsaturated/α-hetero) is 1. The molecular weight excluding hydrogens is 414 g/mol. The van der Waals surface area contributed by atoms with Crippen molar-refractivity contribution in [2.45, 2.75) is 155 Å². The van der Waals surface area contributed by atoms with Crippen LogP contribution in [0.15, 0.2) is 0 Å². The summed E-state index contributed by atoms with van der Waals surface area (Å²) in [7, 11) is 1.60. The molecule has 0 bridgehead atoms. The summed E-state index contributed by atoms with van der Waals surface area (Å²) in [5.41, 5.74) is 0. The Morgan fingerprint density at radius 2 is 0.970 bits per heavy atom. The molecule has 194 valence electrons. The molecule has 0 fully saturated rings. The number of carboxylic acid groups (broad SMARTS) is 1. The minimum absolute atomic E-state index is 0.107. The first-order valence-corrected chi connectivity index (χ1v) is 13.9. The topological polar surface area (TPSA) is 74.7 Å². The normalized spacial score (nSPS) is 12.0. The Morgan fingerprint density at radius 3 is 1.36 bits per heavy atom. The van der Waals surface area contributed by atoms with Gasteiger partial charge in [0, 0.05) is 19.9 Å². The van der Waals surface area contributed by atoms with E-state index in [0.717, 1.165) is 38.5 Å². The Kier molecular flexibility index (Phi) is 21.5. The molecule has 33 heavy (non-hydrogen) atoms. The number of rotatable bonds is 24. The summed E-state index contributed by atoms with van der Waals surface area (Å²) in [6, 6.07) is -0.831. The second-order valence-corrected chi connectivity index (χ2v) is 9.74. The van der Waals surface area contributed by atoms with Crippen molar-refractivity contribution in [3.8, 4) is 0 Å². The molecule has 0 aromatic rings. The molecule has 0 aliphatic rings. The number of amides is 1. The van der Waals surface area contributed by atoms with Crippen molar-refractivity contribution in [2.24, 2.45) is 0 Å². The summed E-state index contributed by atoms with van der Waals surface area (Å²) in [6.07, 6.45) is 21.6. The van der Waals surface area contributed by atoms with Crippen LogP contribution in [-0.4, -0.2) is 40.8 Å². The number of ketones is 1. The largest absolute Gasteiger partial charge is 0.481 e. The van der Waals surface area contributed by atoms with E-state index in [1.54, 1.807) is 7.05 Å². The molecular formula is C28H53NO4. The molecule has 5 heteroatoms. The van der Waals surface area contributed by atoms with Crippen molar-refractivity contribution in [3.63, 3.8) is 0 Å². The van der Waals surface area contributed by atoms with Gasteiger partial charge in [-0.2, -0.15) is 0 Å². The van der Waals surface area contributed by atoms with E-state index in [1.807, 2.05) is 0 Å². The van der Waals surface area contributed by atoms with E-state index >= 15 is 0 Å². The van der Waals surface area contributed by atoms with Gasteiger partial charge < -0.3 is 10.0 Å². The quantitative estimate of drug-likeness (QED) is 0.148. The Bertz CT molecular complexity index is 506. The van der Waals surface area contributed by atoms with Crippen molar-refractivity contribution in [1.29, 1.82) is 0 Å².